The summed E-state index contributed by atoms with van der Waals surface area (Å²) in [5.41, 5.74) is 13.2. The average molecular weight is 714 g/mol. The Morgan fingerprint density at radius 2 is 1.04 bits per heavy atom. The summed E-state index contributed by atoms with van der Waals surface area (Å²) in [4.78, 5) is 15.3. The van der Waals surface area contributed by atoms with E-state index in [1.165, 1.54) is 54.6 Å². The van der Waals surface area contributed by atoms with Crippen LogP contribution in [0, 0.1) is 0 Å². The van der Waals surface area contributed by atoms with Crippen molar-refractivity contribution in [3.8, 4) is 56.2 Å². The van der Waals surface area contributed by atoms with Gasteiger partial charge in [-0.3, -0.25) is 4.98 Å². The first-order valence-electron chi connectivity index (χ1n) is 19.3. The topological polar surface area (TPSA) is 38.7 Å². The Morgan fingerprint density at radius 3 is 1.86 bits per heavy atom. The number of hydrogen-bond donors (Lipinski definition) is 0. The number of rotatable bonds is 5. The largest absolute Gasteiger partial charge is 0.256 e. The Balaban J connectivity index is 1.05. The highest BCUT2D eigenvalue weighted by molar-refractivity contribution is 6.13. The fourth-order valence-electron chi connectivity index (χ4n) is 8.55. The van der Waals surface area contributed by atoms with Crippen molar-refractivity contribution in [2.24, 2.45) is 0 Å². The van der Waals surface area contributed by atoms with Gasteiger partial charge in [0.2, 0.25) is 0 Å². The first kappa shape index (κ1) is 32.2. The fraction of sp³-hybridized carbons (Fsp3) is 0.0377. The normalized spacial score (nSPS) is 12.4. The SMILES string of the molecule is C1=Cc2cc(-c3cc(-c4ccc(-c5cc6ccccc6c6ccccc56)cc4)nc(-c4ccc(-c5cnc6ccccc6c5)cc4)n3)c3ccccc3c2CC1. The van der Waals surface area contributed by atoms with Crippen molar-refractivity contribution in [3.63, 3.8) is 0 Å². The monoisotopic (exact) mass is 713 g/mol. The molecule has 8 aromatic carbocycles. The summed E-state index contributed by atoms with van der Waals surface area (Å²) in [7, 11) is 0. The number of hydrogen-bond acceptors (Lipinski definition) is 3. The highest BCUT2D eigenvalue weighted by Crippen LogP contribution is 2.39. The summed E-state index contributed by atoms with van der Waals surface area (Å²) in [6.07, 6.45) is 8.61. The van der Waals surface area contributed by atoms with Gasteiger partial charge >= 0.3 is 0 Å². The molecule has 0 atom stereocenters. The molecule has 0 saturated heterocycles. The molecule has 11 rings (SSSR count). The molecule has 0 N–H and O–H groups in total. The molecule has 2 heterocycles. The number of pyridine rings is 1. The van der Waals surface area contributed by atoms with Crippen LogP contribution < -0.4 is 0 Å². The van der Waals surface area contributed by atoms with Crippen molar-refractivity contribution in [1.82, 2.24) is 15.0 Å². The molecular formula is C53H35N3. The minimum Gasteiger partial charge on any atom is -0.256 e. The van der Waals surface area contributed by atoms with Crippen molar-refractivity contribution >= 4 is 49.3 Å². The molecule has 0 spiro atoms. The molecule has 3 nitrogen and oxygen atoms in total. The fourth-order valence-corrected chi connectivity index (χ4v) is 8.55. The van der Waals surface area contributed by atoms with Crippen LogP contribution >= 0.6 is 0 Å². The van der Waals surface area contributed by atoms with Crippen LogP contribution in [0.25, 0.3) is 105 Å². The van der Waals surface area contributed by atoms with E-state index in [1.54, 1.807) is 0 Å². The second kappa shape index (κ2) is 13.3. The molecule has 0 unspecified atom stereocenters. The van der Waals surface area contributed by atoms with E-state index in [0.717, 1.165) is 62.9 Å². The Labute approximate surface area is 325 Å². The number of para-hydroxylation sites is 1. The van der Waals surface area contributed by atoms with Gasteiger partial charge in [0.25, 0.3) is 0 Å². The third-order valence-electron chi connectivity index (χ3n) is 11.4. The lowest BCUT2D eigenvalue weighted by Crippen LogP contribution is -2.00. The third kappa shape index (κ3) is 5.56. The van der Waals surface area contributed by atoms with E-state index in [9.17, 15) is 0 Å². The average Bonchev–Trinajstić information content (AvgIpc) is 3.28. The Morgan fingerprint density at radius 1 is 0.411 bits per heavy atom. The molecule has 56 heavy (non-hydrogen) atoms. The summed E-state index contributed by atoms with van der Waals surface area (Å²) in [5.74, 6) is 0.697. The summed E-state index contributed by atoms with van der Waals surface area (Å²) < 4.78 is 0. The number of benzene rings is 8. The van der Waals surface area contributed by atoms with Crippen LogP contribution in [0.1, 0.15) is 17.5 Å². The van der Waals surface area contributed by atoms with Crippen LogP contribution in [0.5, 0.6) is 0 Å². The lowest BCUT2D eigenvalue weighted by atomic mass is 9.88. The zero-order valence-corrected chi connectivity index (χ0v) is 30.7. The molecule has 1 aliphatic carbocycles. The van der Waals surface area contributed by atoms with E-state index in [1.807, 2.05) is 18.3 Å². The summed E-state index contributed by atoms with van der Waals surface area (Å²) in [6, 6.07) is 60.8. The molecule has 3 heteroatoms. The van der Waals surface area contributed by atoms with E-state index >= 15 is 0 Å². The number of fused-ring (bicyclic) bond motifs is 7. The van der Waals surface area contributed by atoms with Gasteiger partial charge in [-0.25, -0.2) is 9.97 Å². The number of nitrogens with zero attached hydrogens (tertiary/aromatic N) is 3. The molecule has 0 saturated carbocycles. The quantitative estimate of drug-likeness (QED) is 0.167. The van der Waals surface area contributed by atoms with E-state index in [0.29, 0.717) is 5.82 Å². The molecule has 0 aliphatic heterocycles. The molecule has 0 bridgehead atoms. The van der Waals surface area contributed by atoms with Crippen LogP contribution in [-0.4, -0.2) is 15.0 Å². The maximum absolute atomic E-state index is 5.32. The van der Waals surface area contributed by atoms with Gasteiger partial charge in [0.05, 0.1) is 16.9 Å². The van der Waals surface area contributed by atoms with Gasteiger partial charge in [0.15, 0.2) is 5.82 Å². The lowest BCUT2D eigenvalue weighted by Gasteiger charge is -2.18. The van der Waals surface area contributed by atoms with Gasteiger partial charge in [-0.1, -0.05) is 152 Å². The van der Waals surface area contributed by atoms with Gasteiger partial charge < -0.3 is 0 Å². The predicted octanol–water partition coefficient (Wildman–Crippen LogP) is 13.8. The number of allylic oxidation sites excluding steroid dienone is 1. The predicted molar refractivity (Wildman–Crippen MR) is 234 cm³/mol. The molecule has 0 amide bonds. The number of aromatic nitrogens is 3. The molecular weight excluding hydrogens is 679 g/mol. The van der Waals surface area contributed by atoms with E-state index in [4.69, 9.17) is 15.0 Å². The first-order chi connectivity index (χ1) is 27.7. The van der Waals surface area contributed by atoms with Crippen LogP contribution in [0.3, 0.4) is 0 Å². The maximum atomic E-state index is 5.32. The van der Waals surface area contributed by atoms with Crippen LogP contribution in [-0.2, 0) is 6.42 Å². The zero-order valence-electron chi connectivity index (χ0n) is 30.7. The van der Waals surface area contributed by atoms with Crippen molar-refractivity contribution in [2.45, 2.75) is 12.8 Å². The second-order valence-electron chi connectivity index (χ2n) is 14.7. The summed E-state index contributed by atoms with van der Waals surface area (Å²) >= 11 is 0. The lowest BCUT2D eigenvalue weighted by molar-refractivity contribution is 0.997. The molecule has 1 aliphatic rings. The summed E-state index contributed by atoms with van der Waals surface area (Å²) in [5, 5.41) is 8.68. The first-order valence-corrected chi connectivity index (χ1v) is 19.3. The van der Waals surface area contributed by atoms with E-state index < -0.39 is 0 Å². The van der Waals surface area contributed by atoms with Crippen molar-refractivity contribution in [1.29, 1.82) is 0 Å². The van der Waals surface area contributed by atoms with Gasteiger partial charge in [-0.15, -0.1) is 0 Å². The molecule has 2 aromatic heterocycles. The van der Waals surface area contributed by atoms with Gasteiger partial charge in [0, 0.05) is 33.8 Å². The highest BCUT2D eigenvalue weighted by atomic mass is 14.9. The minimum atomic E-state index is 0.697. The van der Waals surface area contributed by atoms with E-state index in [-0.39, 0.29) is 0 Å². The van der Waals surface area contributed by atoms with Crippen molar-refractivity contribution in [3.05, 3.63) is 193 Å². The zero-order chi connectivity index (χ0) is 37.0. The molecule has 0 radical (unpaired) electrons. The highest BCUT2D eigenvalue weighted by Gasteiger charge is 2.18. The summed E-state index contributed by atoms with van der Waals surface area (Å²) in [6.45, 7) is 0. The minimum absolute atomic E-state index is 0.697. The molecule has 262 valence electrons. The Hall–Kier alpha value is -7.23. The van der Waals surface area contributed by atoms with Crippen LogP contribution in [0.4, 0.5) is 0 Å². The van der Waals surface area contributed by atoms with Crippen molar-refractivity contribution in [2.75, 3.05) is 0 Å². The second-order valence-corrected chi connectivity index (χ2v) is 14.7. The Kier molecular flexibility index (Phi) is 7.63. The van der Waals surface area contributed by atoms with Crippen LogP contribution in [0.2, 0.25) is 0 Å². The van der Waals surface area contributed by atoms with Gasteiger partial charge in [-0.05, 0) is 103 Å². The maximum Gasteiger partial charge on any atom is 0.160 e. The number of aryl methyl sites for hydroxylation is 1. The Bertz CT molecular complexity index is 3180. The molecule has 10 aromatic rings. The van der Waals surface area contributed by atoms with E-state index in [2.05, 4.69) is 170 Å². The van der Waals surface area contributed by atoms with Crippen molar-refractivity contribution < 1.29 is 0 Å². The smallest absolute Gasteiger partial charge is 0.160 e. The van der Waals surface area contributed by atoms with Gasteiger partial charge in [0.1, 0.15) is 0 Å². The van der Waals surface area contributed by atoms with Crippen LogP contribution in [0.15, 0.2) is 182 Å². The van der Waals surface area contributed by atoms with Gasteiger partial charge in [-0.2, -0.15) is 0 Å². The third-order valence-corrected chi connectivity index (χ3v) is 11.4. The molecule has 0 fully saturated rings. The standard InChI is InChI=1S/C53H35N3/c1-4-14-42-38(11-1)30-48(46-18-8-6-16-44(42)46)35-23-25-36(26-24-35)51-32-52(49-31-39-12-2-5-15-43(39)45-17-7-9-19-47(45)49)56-53(55-51)37-27-21-34(22-28-37)41-29-40-13-3-10-20-50(40)54-33-41/h1-4,6-14,16-33H,5,15H2.